The molecule has 0 spiro atoms. The van der Waals surface area contributed by atoms with E-state index in [0.29, 0.717) is 34.6 Å². The van der Waals surface area contributed by atoms with E-state index in [0.717, 1.165) is 5.56 Å². The van der Waals surface area contributed by atoms with Gasteiger partial charge in [-0.3, -0.25) is 0 Å². The summed E-state index contributed by atoms with van der Waals surface area (Å²) < 4.78 is 49.4. The standard InChI is InChI=1S/C30H25F3O2/c1-3-35-25-15-14-24(28(31)18-25)9-6-20-4-7-22(8-5-20)26-16-17-27(30(33)29(26)32)23-12-10-21(11-13-23)19(2)34/h4-19,34H,3H2,1-2H3/b9-6+. The van der Waals surface area contributed by atoms with Gasteiger partial charge in [-0.2, -0.15) is 0 Å². The molecule has 2 nitrogen and oxygen atoms in total. The molecule has 0 bridgehead atoms. The highest BCUT2D eigenvalue weighted by Crippen LogP contribution is 2.32. The minimum atomic E-state index is -0.929. The highest BCUT2D eigenvalue weighted by molar-refractivity contribution is 5.75. The van der Waals surface area contributed by atoms with Crippen LogP contribution in [-0.2, 0) is 0 Å². The van der Waals surface area contributed by atoms with Gasteiger partial charge in [0.25, 0.3) is 0 Å². The summed E-state index contributed by atoms with van der Waals surface area (Å²) in [6.07, 6.45) is 2.77. The van der Waals surface area contributed by atoms with Crippen molar-refractivity contribution >= 4 is 12.2 Å². The maximum atomic E-state index is 15.0. The molecule has 0 aliphatic carbocycles. The lowest BCUT2D eigenvalue weighted by Gasteiger charge is -2.11. The Hall–Kier alpha value is -3.83. The predicted octanol–water partition coefficient (Wildman–Crippen LogP) is 8.06. The van der Waals surface area contributed by atoms with Crippen LogP contribution in [0.3, 0.4) is 0 Å². The molecule has 0 saturated heterocycles. The molecule has 0 saturated carbocycles. The van der Waals surface area contributed by atoms with Gasteiger partial charge in [-0.15, -0.1) is 0 Å². The molecule has 5 heteroatoms. The normalized spacial score (nSPS) is 12.2. The van der Waals surface area contributed by atoms with Crippen LogP contribution in [0.4, 0.5) is 13.2 Å². The Morgan fingerprint density at radius 3 is 1.86 bits per heavy atom. The number of rotatable bonds is 7. The molecule has 0 amide bonds. The van der Waals surface area contributed by atoms with Crippen LogP contribution in [-0.4, -0.2) is 11.7 Å². The molecule has 0 radical (unpaired) electrons. The van der Waals surface area contributed by atoms with Crippen molar-refractivity contribution in [3.8, 4) is 28.0 Å². The molecule has 4 aromatic carbocycles. The fourth-order valence-electron chi connectivity index (χ4n) is 3.80. The lowest BCUT2D eigenvalue weighted by Crippen LogP contribution is -1.95. The van der Waals surface area contributed by atoms with E-state index in [4.69, 9.17) is 4.74 Å². The minimum absolute atomic E-state index is 0.153. The highest BCUT2D eigenvalue weighted by Gasteiger charge is 2.16. The second-order valence-electron chi connectivity index (χ2n) is 8.16. The minimum Gasteiger partial charge on any atom is -0.494 e. The van der Waals surface area contributed by atoms with Gasteiger partial charge in [0, 0.05) is 22.8 Å². The van der Waals surface area contributed by atoms with Crippen molar-refractivity contribution in [1.82, 2.24) is 0 Å². The average Bonchev–Trinajstić information content (AvgIpc) is 2.86. The van der Waals surface area contributed by atoms with Gasteiger partial charge in [-0.25, -0.2) is 13.2 Å². The average molecular weight is 475 g/mol. The maximum absolute atomic E-state index is 15.0. The zero-order chi connectivity index (χ0) is 24.9. The number of aliphatic hydroxyl groups is 1. The summed E-state index contributed by atoms with van der Waals surface area (Å²) in [7, 11) is 0. The Kier molecular flexibility index (Phi) is 7.37. The second kappa shape index (κ2) is 10.6. The zero-order valence-corrected chi connectivity index (χ0v) is 19.4. The number of benzene rings is 4. The molecule has 4 aromatic rings. The van der Waals surface area contributed by atoms with Gasteiger partial charge in [0.15, 0.2) is 11.6 Å². The van der Waals surface area contributed by atoms with Gasteiger partial charge in [0.1, 0.15) is 11.6 Å². The lowest BCUT2D eigenvalue weighted by atomic mass is 9.97. The second-order valence-corrected chi connectivity index (χ2v) is 8.16. The van der Waals surface area contributed by atoms with E-state index in [-0.39, 0.29) is 16.9 Å². The number of ether oxygens (including phenoxy) is 1. The summed E-state index contributed by atoms with van der Waals surface area (Å²) >= 11 is 0. The van der Waals surface area contributed by atoms with Gasteiger partial charge >= 0.3 is 0 Å². The quantitative estimate of drug-likeness (QED) is 0.275. The topological polar surface area (TPSA) is 29.5 Å². The fourth-order valence-corrected chi connectivity index (χ4v) is 3.80. The molecule has 0 aromatic heterocycles. The van der Waals surface area contributed by atoms with E-state index >= 15 is 0 Å². The van der Waals surface area contributed by atoms with Crippen LogP contribution in [0.1, 0.15) is 36.6 Å². The monoisotopic (exact) mass is 474 g/mol. The third-order valence-electron chi connectivity index (χ3n) is 5.75. The molecular weight excluding hydrogens is 449 g/mol. The first-order valence-electron chi connectivity index (χ1n) is 11.3. The molecule has 0 heterocycles. The molecule has 0 aliphatic rings. The summed E-state index contributed by atoms with van der Waals surface area (Å²) in [5.74, 6) is -1.77. The van der Waals surface area contributed by atoms with Crippen LogP contribution in [0.25, 0.3) is 34.4 Å². The molecule has 0 aliphatic heterocycles. The number of halogens is 3. The zero-order valence-electron chi connectivity index (χ0n) is 19.4. The third kappa shape index (κ3) is 5.47. The van der Waals surface area contributed by atoms with Crippen molar-refractivity contribution in [2.75, 3.05) is 6.61 Å². The number of aliphatic hydroxyl groups excluding tert-OH is 1. The molecule has 178 valence electrons. The molecular formula is C30H25F3O2. The van der Waals surface area contributed by atoms with Crippen LogP contribution >= 0.6 is 0 Å². The summed E-state index contributed by atoms with van der Waals surface area (Å²) in [5, 5.41) is 9.64. The Balaban J connectivity index is 1.54. The van der Waals surface area contributed by atoms with Gasteiger partial charge in [0.05, 0.1) is 12.7 Å². The Morgan fingerprint density at radius 2 is 1.34 bits per heavy atom. The first-order chi connectivity index (χ1) is 16.9. The Labute approximate surface area is 203 Å². The maximum Gasteiger partial charge on any atom is 0.167 e. The molecule has 35 heavy (non-hydrogen) atoms. The largest absolute Gasteiger partial charge is 0.494 e. The van der Waals surface area contributed by atoms with Crippen LogP contribution in [0.15, 0.2) is 78.9 Å². The molecule has 1 unspecified atom stereocenters. The molecule has 4 rings (SSSR count). The van der Waals surface area contributed by atoms with Crippen molar-refractivity contribution in [3.05, 3.63) is 113 Å². The number of hydrogen-bond acceptors (Lipinski definition) is 2. The van der Waals surface area contributed by atoms with Gasteiger partial charge in [0.2, 0.25) is 0 Å². The molecule has 1 N–H and O–H groups in total. The van der Waals surface area contributed by atoms with E-state index in [1.54, 1.807) is 91.9 Å². The van der Waals surface area contributed by atoms with Crippen molar-refractivity contribution in [2.24, 2.45) is 0 Å². The fraction of sp³-hybridized carbons (Fsp3) is 0.133. The van der Waals surface area contributed by atoms with Crippen LogP contribution in [0.5, 0.6) is 5.75 Å². The highest BCUT2D eigenvalue weighted by atomic mass is 19.2. The first kappa shape index (κ1) is 24.3. The van der Waals surface area contributed by atoms with Gasteiger partial charge < -0.3 is 9.84 Å². The van der Waals surface area contributed by atoms with E-state index < -0.39 is 17.7 Å². The van der Waals surface area contributed by atoms with E-state index in [9.17, 15) is 18.3 Å². The van der Waals surface area contributed by atoms with Gasteiger partial charge in [-0.05, 0) is 48.2 Å². The Bertz CT molecular complexity index is 1340. The molecule has 1 atom stereocenters. The summed E-state index contributed by atoms with van der Waals surface area (Å²) in [4.78, 5) is 0. The SMILES string of the molecule is CCOc1ccc(/C=C/c2ccc(-c3ccc(-c4ccc(C(C)O)cc4)c(F)c3F)cc2)c(F)c1. The van der Waals surface area contributed by atoms with Crippen LogP contribution in [0.2, 0.25) is 0 Å². The van der Waals surface area contributed by atoms with Crippen molar-refractivity contribution in [2.45, 2.75) is 20.0 Å². The predicted molar refractivity (Wildman–Crippen MR) is 134 cm³/mol. The van der Waals surface area contributed by atoms with Gasteiger partial charge in [-0.1, -0.05) is 72.8 Å². The summed E-state index contributed by atoms with van der Waals surface area (Å²) in [6, 6.07) is 21.4. The van der Waals surface area contributed by atoms with Crippen molar-refractivity contribution < 1.29 is 23.0 Å². The van der Waals surface area contributed by atoms with Crippen molar-refractivity contribution in [3.63, 3.8) is 0 Å². The number of hydrogen-bond donors (Lipinski definition) is 1. The summed E-state index contributed by atoms with van der Waals surface area (Å²) in [6.45, 7) is 3.94. The smallest absolute Gasteiger partial charge is 0.167 e. The van der Waals surface area contributed by atoms with Crippen LogP contribution in [0, 0.1) is 17.5 Å². The Morgan fingerprint density at radius 1 is 0.771 bits per heavy atom. The van der Waals surface area contributed by atoms with Crippen molar-refractivity contribution in [1.29, 1.82) is 0 Å². The van der Waals surface area contributed by atoms with E-state index in [2.05, 4.69) is 0 Å². The summed E-state index contributed by atoms with van der Waals surface area (Å²) in [5.41, 5.74) is 3.27. The third-order valence-corrected chi connectivity index (χ3v) is 5.75. The molecule has 0 fully saturated rings. The van der Waals surface area contributed by atoms with Crippen LogP contribution < -0.4 is 4.74 Å². The lowest BCUT2D eigenvalue weighted by molar-refractivity contribution is 0.199. The van der Waals surface area contributed by atoms with E-state index in [1.165, 1.54) is 6.07 Å². The van der Waals surface area contributed by atoms with E-state index in [1.807, 2.05) is 6.92 Å². The first-order valence-corrected chi connectivity index (χ1v) is 11.3.